The molecule has 0 fully saturated rings. The van der Waals surface area contributed by atoms with Crippen LogP contribution in [0.3, 0.4) is 0 Å². The third-order valence-electron chi connectivity index (χ3n) is 4.24. The maximum Gasteiger partial charge on any atom is 0.131 e. The number of benzene rings is 2. The van der Waals surface area contributed by atoms with Crippen LogP contribution >= 0.6 is 11.8 Å². The van der Waals surface area contributed by atoms with E-state index < -0.39 is 0 Å². The first-order valence-corrected chi connectivity index (χ1v) is 10.2. The number of aliphatic hydroxyl groups is 1. The van der Waals surface area contributed by atoms with Crippen LogP contribution in [-0.4, -0.2) is 34.9 Å². The van der Waals surface area contributed by atoms with Crippen molar-refractivity contribution in [2.45, 2.75) is 13.3 Å². The number of aromatic nitrogens is 1. The fraction of sp³-hybridized carbons (Fsp3) is 0.238. The molecule has 0 unspecified atom stereocenters. The SMILES string of the molecule is CCSC.N=Cc1cc2c(-c3ccc(F)cc3)c(CCO)nc(N)c2cc1N. The van der Waals surface area contributed by atoms with Crippen LogP contribution in [0.1, 0.15) is 18.2 Å². The molecule has 148 valence electrons. The van der Waals surface area contributed by atoms with Crippen LogP contribution in [-0.2, 0) is 6.42 Å². The Morgan fingerprint density at radius 2 is 1.82 bits per heavy atom. The number of pyridine rings is 1. The Balaban J connectivity index is 0.000000640. The van der Waals surface area contributed by atoms with Gasteiger partial charge in [-0.1, -0.05) is 19.1 Å². The summed E-state index contributed by atoms with van der Waals surface area (Å²) in [6, 6.07) is 9.51. The van der Waals surface area contributed by atoms with E-state index in [9.17, 15) is 9.50 Å². The Morgan fingerprint density at radius 1 is 1.18 bits per heavy atom. The highest BCUT2D eigenvalue weighted by Gasteiger charge is 2.16. The largest absolute Gasteiger partial charge is 0.398 e. The van der Waals surface area contributed by atoms with Gasteiger partial charge in [-0.2, -0.15) is 11.8 Å². The van der Waals surface area contributed by atoms with Crippen molar-refractivity contribution in [2.75, 3.05) is 30.1 Å². The van der Waals surface area contributed by atoms with Crippen molar-refractivity contribution < 1.29 is 9.50 Å². The van der Waals surface area contributed by atoms with Gasteiger partial charge in [0.1, 0.15) is 11.6 Å². The molecule has 1 heterocycles. The molecule has 0 radical (unpaired) electrons. The number of halogens is 1. The van der Waals surface area contributed by atoms with Crippen LogP contribution in [0.5, 0.6) is 0 Å². The molecule has 0 atom stereocenters. The molecule has 28 heavy (non-hydrogen) atoms. The number of aliphatic hydroxyl groups excluding tert-OH is 1. The van der Waals surface area contributed by atoms with E-state index in [-0.39, 0.29) is 12.4 Å². The summed E-state index contributed by atoms with van der Waals surface area (Å²) < 4.78 is 13.3. The van der Waals surface area contributed by atoms with Crippen molar-refractivity contribution in [2.24, 2.45) is 0 Å². The van der Waals surface area contributed by atoms with Crippen LogP contribution in [0, 0.1) is 11.2 Å². The Morgan fingerprint density at radius 3 is 2.36 bits per heavy atom. The molecule has 0 bridgehead atoms. The Hall–Kier alpha value is -2.64. The predicted molar refractivity (Wildman–Crippen MR) is 119 cm³/mol. The highest BCUT2D eigenvalue weighted by Crippen LogP contribution is 2.36. The maximum atomic E-state index is 13.3. The molecule has 3 aromatic rings. The Bertz CT molecular complexity index is 959. The van der Waals surface area contributed by atoms with Crippen molar-refractivity contribution in [3.8, 4) is 11.1 Å². The molecule has 6 N–H and O–H groups in total. The number of rotatable bonds is 5. The van der Waals surface area contributed by atoms with Gasteiger partial charge >= 0.3 is 0 Å². The summed E-state index contributed by atoms with van der Waals surface area (Å²) in [5.74, 6) is 1.21. The van der Waals surface area contributed by atoms with E-state index in [1.807, 2.05) is 11.8 Å². The standard InChI is InChI=1S/C18H17FN4O.C3H8S/c19-12-3-1-10(2-4-12)17-13-7-11(9-20)15(21)8-14(13)18(22)23-16(17)5-6-24;1-3-4-2/h1-4,7-9,20,24H,5-6,21H2,(H2,22,23);3H2,1-2H3. The Labute approximate surface area is 168 Å². The van der Waals surface area contributed by atoms with Crippen LogP contribution < -0.4 is 11.5 Å². The fourth-order valence-electron chi connectivity index (χ4n) is 2.82. The van der Waals surface area contributed by atoms with Gasteiger partial charge in [0.15, 0.2) is 0 Å². The summed E-state index contributed by atoms with van der Waals surface area (Å²) in [4.78, 5) is 4.40. The highest BCUT2D eigenvalue weighted by molar-refractivity contribution is 7.98. The molecule has 3 rings (SSSR count). The van der Waals surface area contributed by atoms with Crippen LogP contribution in [0.2, 0.25) is 0 Å². The number of nitrogens with two attached hydrogens (primary N) is 2. The zero-order chi connectivity index (χ0) is 20.7. The van der Waals surface area contributed by atoms with E-state index in [0.29, 0.717) is 34.6 Å². The second-order valence-electron chi connectivity index (χ2n) is 6.05. The first-order valence-electron chi connectivity index (χ1n) is 8.84. The first kappa shape index (κ1) is 21.7. The highest BCUT2D eigenvalue weighted by atomic mass is 32.2. The molecule has 0 aliphatic carbocycles. The van der Waals surface area contributed by atoms with Crippen molar-refractivity contribution in [1.29, 1.82) is 5.41 Å². The molecule has 5 nitrogen and oxygen atoms in total. The second-order valence-corrected chi connectivity index (χ2v) is 7.20. The molecule has 1 aromatic heterocycles. The molecule has 0 amide bonds. The molecular weight excluding hydrogens is 375 g/mol. The van der Waals surface area contributed by atoms with Gasteiger partial charge in [-0.25, -0.2) is 9.37 Å². The lowest BCUT2D eigenvalue weighted by Gasteiger charge is -2.15. The summed E-state index contributed by atoms with van der Waals surface area (Å²) >= 11 is 1.86. The van der Waals surface area contributed by atoms with Crippen molar-refractivity contribution in [3.05, 3.63) is 53.5 Å². The Kier molecular flexibility index (Phi) is 7.78. The smallest absolute Gasteiger partial charge is 0.131 e. The van der Waals surface area contributed by atoms with Gasteiger partial charge in [-0.3, -0.25) is 0 Å². The van der Waals surface area contributed by atoms with Crippen LogP contribution in [0.15, 0.2) is 36.4 Å². The molecule has 0 aliphatic rings. The number of anilines is 2. The monoisotopic (exact) mass is 400 g/mol. The van der Waals surface area contributed by atoms with Gasteiger partial charge in [0.25, 0.3) is 0 Å². The topological polar surface area (TPSA) is 109 Å². The quantitative estimate of drug-likeness (QED) is 0.381. The van der Waals surface area contributed by atoms with E-state index >= 15 is 0 Å². The number of nitrogens with one attached hydrogen (secondary N) is 1. The summed E-state index contributed by atoms with van der Waals surface area (Å²) in [5.41, 5.74) is 15.1. The van der Waals surface area contributed by atoms with Gasteiger partial charge in [0, 0.05) is 41.4 Å². The molecule has 0 spiro atoms. The third kappa shape index (κ3) is 4.79. The van der Waals surface area contributed by atoms with E-state index in [1.54, 1.807) is 24.3 Å². The van der Waals surface area contributed by atoms with Crippen LogP contribution in [0.4, 0.5) is 15.9 Å². The van der Waals surface area contributed by atoms with Crippen molar-refractivity contribution in [1.82, 2.24) is 4.98 Å². The number of nitrogens with zero attached hydrogens (tertiary/aromatic N) is 1. The van der Waals surface area contributed by atoms with Gasteiger partial charge in [-0.15, -0.1) is 0 Å². The molecule has 7 heteroatoms. The van der Waals surface area contributed by atoms with Crippen LogP contribution in [0.25, 0.3) is 21.9 Å². The normalized spacial score (nSPS) is 10.4. The molecule has 0 aliphatic heterocycles. The summed E-state index contributed by atoms with van der Waals surface area (Å²) in [7, 11) is 0. The minimum atomic E-state index is -0.334. The van der Waals surface area contributed by atoms with Gasteiger partial charge < -0.3 is 22.0 Å². The van der Waals surface area contributed by atoms with Gasteiger partial charge in [-0.05, 0) is 47.2 Å². The number of hydrogen-bond acceptors (Lipinski definition) is 6. The number of hydrogen-bond donors (Lipinski definition) is 4. The summed E-state index contributed by atoms with van der Waals surface area (Å²) in [5, 5.41) is 18.3. The lowest BCUT2D eigenvalue weighted by Crippen LogP contribution is -2.05. The van der Waals surface area contributed by atoms with Crippen molar-refractivity contribution >= 4 is 40.3 Å². The summed E-state index contributed by atoms with van der Waals surface area (Å²) in [6.07, 6.45) is 3.59. The lowest BCUT2D eigenvalue weighted by molar-refractivity contribution is 0.298. The van der Waals surface area contributed by atoms with E-state index in [0.717, 1.165) is 16.5 Å². The zero-order valence-electron chi connectivity index (χ0n) is 16.0. The summed E-state index contributed by atoms with van der Waals surface area (Å²) in [6.45, 7) is 2.06. The van der Waals surface area contributed by atoms with E-state index in [4.69, 9.17) is 16.9 Å². The third-order valence-corrected chi connectivity index (χ3v) is 4.82. The lowest BCUT2D eigenvalue weighted by atomic mass is 9.94. The molecule has 0 saturated carbocycles. The minimum Gasteiger partial charge on any atom is -0.398 e. The molecular formula is C21H25FN4OS. The van der Waals surface area contributed by atoms with Crippen molar-refractivity contribution in [3.63, 3.8) is 0 Å². The average Bonchev–Trinajstić information content (AvgIpc) is 2.70. The van der Waals surface area contributed by atoms with Gasteiger partial charge in [0.2, 0.25) is 0 Å². The second kappa shape index (κ2) is 10.1. The van der Waals surface area contributed by atoms with Gasteiger partial charge in [0.05, 0.1) is 5.69 Å². The maximum absolute atomic E-state index is 13.3. The first-order chi connectivity index (χ1) is 13.5. The van der Waals surface area contributed by atoms with E-state index in [1.165, 1.54) is 24.1 Å². The predicted octanol–water partition coefficient (Wildman–Crippen LogP) is 4.11. The molecule has 2 aromatic carbocycles. The minimum absolute atomic E-state index is 0.0848. The average molecular weight is 401 g/mol. The van der Waals surface area contributed by atoms with E-state index in [2.05, 4.69) is 18.2 Å². The zero-order valence-corrected chi connectivity index (χ0v) is 16.8. The fourth-order valence-corrected chi connectivity index (χ4v) is 2.82. The number of thioether (sulfide) groups is 1. The number of nitrogen functional groups attached to an aromatic ring is 2. The molecule has 0 saturated heterocycles. The number of fused-ring (bicyclic) bond motifs is 1.